The number of carbonyl (C=O) groups excluding carboxylic acids is 1. The van der Waals surface area contributed by atoms with Crippen molar-refractivity contribution in [3.05, 3.63) is 57.0 Å². The molecule has 0 bridgehead atoms. The molecule has 0 atom stereocenters. The summed E-state index contributed by atoms with van der Waals surface area (Å²) >= 11 is 9.25. The molecule has 0 heterocycles. The first-order chi connectivity index (χ1) is 9.51. The summed E-state index contributed by atoms with van der Waals surface area (Å²) in [7, 11) is 1.85. The van der Waals surface area contributed by atoms with Crippen LogP contribution in [-0.2, 0) is 0 Å². The summed E-state index contributed by atoms with van der Waals surface area (Å²) in [6.45, 7) is 1.96. The summed E-state index contributed by atoms with van der Waals surface area (Å²) in [5.74, 6) is -0.154. The standard InChI is InChI=1S/C15H14BrClN2O/c1-9-7-10(3-5-13(9)18-2)15(20)19-14-6-4-11(17)8-12(14)16/h3-8,18H,1-2H3,(H,19,20). The summed E-state index contributed by atoms with van der Waals surface area (Å²) in [5.41, 5.74) is 3.34. The van der Waals surface area contributed by atoms with Crippen LogP contribution in [-0.4, -0.2) is 13.0 Å². The third-order valence-electron chi connectivity index (χ3n) is 2.94. The molecule has 0 saturated carbocycles. The molecule has 0 fully saturated rings. The van der Waals surface area contributed by atoms with E-state index >= 15 is 0 Å². The Kier molecular flexibility index (Phi) is 4.68. The third-order valence-corrected chi connectivity index (χ3v) is 3.83. The molecule has 5 heteroatoms. The van der Waals surface area contributed by atoms with E-state index in [9.17, 15) is 4.79 Å². The number of hydrogen-bond donors (Lipinski definition) is 2. The summed E-state index contributed by atoms with van der Waals surface area (Å²) < 4.78 is 0.752. The highest BCUT2D eigenvalue weighted by Crippen LogP contribution is 2.26. The molecule has 0 saturated heterocycles. The second-order valence-electron chi connectivity index (χ2n) is 4.36. The van der Waals surface area contributed by atoms with E-state index < -0.39 is 0 Å². The topological polar surface area (TPSA) is 41.1 Å². The highest BCUT2D eigenvalue weighted by Gasteiger charge is 2.10. The van der Waals surface area contributed by atoms with E-state index in [2.05, 4.69) is 26.6 Å². The molecule has 104 valence electrons. The van der Waals surface area contributed by atoms with Gasteiger partial charge in [0.25, 0.3) is 5.91 Å². The second kappa shape index (κ2) is 6.29. The predicted molar refractivity (Wildman–Crippen MR) is 87.8 cm³/mol. The number of amides is 1. The van der Waals surface area contributed by atoms with Crippen molar-refractivity contribution in [3.8, 4) is 0 Å². The van der Waals surface area contributed by atoms with Gasteiger partial charge < -0.3 is 10.6 Å². The normalized spacial score (nSPS) is 10.2. The second-order valence-corrected chi connectivity index (χ2v) is 5.65. The van der Waals surface area contributed by atoms with E-state index in [1.807, 2.05) is 26.1 Å². The average molecular weight is 354 g/mol. The molecule has 2 aromatic carbocycles. The fourth-order valence-electron chi connectivity index (χ4n) is 1.87. The highest BCUT2D eigenvalue weighted by molar-refractivity contribution is 9.10. The van der Waals surface area contributed by atoms with Gasteiger partial charge >= 0.3 is 0 Å². The molecule has 0 spiro atoms. The molecule has 0 aromatic heterocycles. The lowest BCUT2D eigenvalue weighted by atomic mass is 10.1. The molecular weight excluding hydrogens is 340 g/mol. The monoisotopic (exact) mass is 352 g/mol. The quantitative estimate of drug-likeness (QED) is 0.839. The minimum absolute atomic E-state index is 0.154. The molecule has 0 aliphatic carbocycles. The molecule has 2 aromatic rings. The van der Waals surface area contributed by atoms with Crippen molar-refractivity contribution in [2.75, 3.05) is 17.7 Å². The Morgan fingerprint density at radius 1 is 1.15 bits per heavy atom. The zero-order chi connectivity index (χ0) is 14.7. The van der Waals surface area contributed by atoms with Crippen molar-refractivity contribution in [1.29, 1.82) is 0 Å². The highest BCUT2D eigenvalue weighted by atomic mass is 79.9. The summed E-state index contributed by atoms with van der Waals surface area (Å²) in [4.78, 5) is 12.2. The van der Waals surface area contributed by atoms with E-state index in [1.54, 1.807) is 24.3 Å². The van der Waals surface area contributed by atoms with Gasteiger partial charge in [0.1, 0.15) is 0 Å². The van der Waals surface area contributed by atoms with Gasteiger partial charge in [0.15, 0.2) is 0 Å². The van der Waals surface area contributed by atoms with E-state index in [4.69, 9.17) is 11.6 Å². The van der Waals surface area contributed by atoms with Gasteiger partial charge in [-0.25, -0.2) is 0 Å². The Morgan fingerprint density at radius 3 is 2.45 bits per heavy atom. The van der Waals surface area contributed by atoms with E-state index in [1.165, 1.54) is 0 Å². The Hall–Kier alpha value is -1.52. The van der Waals surface area contributed by atoms with Crippen LogP contribution >= 0.6 is 27.5 Å². The fraction of sp³-hybridized carbons (Fsp3) is 0.133. The van der Waals surface area contributed by atoms with Crippen molar-refractivity contribution in [1.82, 2.24) is 0 Å². The molecule has 0 radical (unpaired) electrons. The molecule has 3 nitrogen and oxygen atoms in total. The minimum atomic E-state index is -0.154. The molecule has 2 N–H and O–H groups in total. The van der Waals surface area contributed by atoms with Crippen LogP contribution in [0.15, 0.2) is 40.9 Å². The lowest BCUT2D eigenvalue weighted by Gasteiger charge is -2.10. The van der Waals surface area contributed by atoms with E-state index in [0.717, 1.165) is 15.7 Å². The van der Waals surface area contributed by atoms with Crippen LogP contribution in [0.25, 0.3) is 0 Å². The van der Waals surface area contributed by atoms with Gasteiger partial charge in [-0.2, -0.15) is 0 Å². The molecule has 20 heavy (non-hydrogen) atoms. The van der Waals surface area contributed by atoms with Gasteiger partial charge in [-0.1, -0.05) is 11.6 Å². The van der Waals surface area contributed by atoms with Gasteiger partial charge in [-0.3, -0.25) is 4.79 Å². The number of anilines is 2. The van der Waals surface area contributed by atoms with Crippen LogP contribution in [0.5, 0.6) is 0 Å². The summed E-state index contributed by atoms with van der Waals surface area (Å²) in [6.07, 6.45) is 0. The number of benzene rings is 2. The van der Waals surface area contributed by atoms with Crippen molar-refractivity contribution >= 4 is 44.8 Å². The SMILES string of the molecule is CNc1ccc(C(=O)Nc2ccc(Cl)cc2Br)cc1C. The van der Waals surface area contributed by atoms with Gasteiger partial charge in [0, 0.05) is 27.8 Å². The van der Waals surface area contributed by atoms with Gasteiger partial charge in [-0.05, 0) is 64.8 Å². The molecule has 0 aliphatic heterocycles. The third kappa shape index (κ3) is 3.32. The van der Waals surface area contributed by atoms with Crippen molar-refractivity contribution < 1.29 is 4.79 Å². The Balaban J connectivity index is 2.21. The van der Waals surface area contributed by atoms with Crippen LogP contribution in [0.4, 0.5) is 11.4 Å². The average Bonchev–Trinajstić information content (AvgIpc) is 2.41. The summed E-state index contributed by atoms with van der Waals surface area (Å²) in [5, 5.41) is 6.54. The number of carbonyl (C=O) groups is 1. The number of aryl methyl sites for hydroxylation is 1. The maximum atomic E-state index is 12.2. The zero-order valence-electron chi connectivity index (χ0n) is 11.1. The van der Waals surface area contributed by atoms with Gasteiger partial charge in [0.05, 0.1) is 5.69 Å². The molecular formula is C15H14BrClN2O. The lowest BCUT2D eigenvalue weighted by Crippen LogP contribution is -2.12. The van der Waals surface area contributed by atoms with Crippen LogP contribution < -0.4 is 10.6 Å². The number of halogens is 2. The first-order valence-electron chi connectivity index (χ1n) is 6.06. The van der Waals surface area contributed by atoms with Crippen molar-refractivity contribution in [3.63, 3.8) is 0 Å². The zero-order valence-corrected chi connectivity index (χ0v) is 13.5. The largest absolute Gasteiger partial charge is 0.388 e. The van der Waals surface area contributed by atoms with Gasteiger partial charge in [-0.15, -0.1) is 0 Å². The van der Waals surface area contributed by atoms with Crippen LogP contribution in [0.3, 0.4) is 0 Å². The molecule has 1 amide bonds. The lowest BCUT2D eigenvalue weighted by molar-refractivity contribution is 0.102. The molecule has 0 unspecified atom stereocenters. The van der Waals surface area contributed by atoms with Crippen molar-refractivity contribution in [2.45, 2.75) is 6.92 Å². The van der Waals surface area contributed by atoms with Gasteiger partial charge in [0.2, 0.25) is 0 Å². The molecule has 0 aliphatic rings. The van der Waals surface area contributed by atoms with Crippen LogP contribution in [0.1, 0.15) is 15.9 Å². The van der Waals surface area contributed by atoms with Crippen molar-refractivity contribution in [2.24, 2.45) is 0 Å². The Bertz CT molecular complexity index is 658. The Morgan fingerprint density at radius 2 is 1.85 bits per heavy atom. The van der Waals surface area contributed by atoms with E-state index in [-0.39, 0.29) is 5.91 Å². The number of hydrogen-bond acceptors (Lipinski definition) is 2. The van der Waals surface area contributed by atoms with E-state index in [0.29, 0.717) is 16.3 Å². The van der Waals surface area contributed by atoms with Crippen LogP contribution in [0, 0.1) is 6.92 Å². The predicted octanol–water partition coefficient (Wildman–Crippen LogP) is 4.70. The fourth-order valence-corrected chi connectivity index (χ4v) is 2.65. The molecule has 2 rings (SSSR count). The maximum absolute atomic E-state index is 12.2. The Labute approximate surface area is 131 Å². The summed E-state index contributed by atoms with van der Waals surface area (Å²) in [6, 6.07) is 10.8. The minimum Gasteiger partial charge on any atom is -0.388 e. The number of rotatable bonds is 3. The first-order valence-corrected chi connectivity index (χ1v) is 7.23. The maximum Gasteiger partial charge on any atom is 0.255 e. The first kappa shape index (κ1) is 14.9. The van der Waals surface area contributed by atoms with Crippen LogP contribution in [0.2, 0.25) is 5.02 Å². The smallest absolute Gasteiger partial charge is 0.255 e. The number of nitrogens with one attached hydrogen (secondary N) is 2.